The summed E-state index contributed by atoms with van der Waals surface area (Å²) in [6.07, 6.45) is 0. The molecule has 0 aliphatic rings. The highest BCUT2D eigenvalue weighted by Crippen LogP contribution is 2.24. The van der Waals surface area contributed by atoms with Gasteiger partial charge >= 0.3 is 0 Å². The second-order valence-electron chi connectivity index (χ2n) is 5.56. The smallest absolute Gasteiger partial charge is 0.256 e. The molecule has 2 rings (SSSR count). The Morgan fingerprint density at radius 2 is 2.00 bits per heavy atom. The van der Waals surface area contributed by atoms with Gasteiger partial charge in [-0.2, -0.15) is 5.26 Å². The maximum absolute atomic E-state index is 12.7. The van der Waals surface area contributed by atoms with E-state index in [-0.39, 0.29) is 24.2 Å². The Bertz CT molecular complexity index is 851. The van der Waals surface area contributed by atoms with Crippen molar-refractivity contribution in [1.82, 2.24) is 5.32 Å². The van der Waals surface area contributed by atoms with Gasteiger partial charge in [-0.15, -0.1) is 11.8 Å². The van der Waals surface area contributed by atoms with E-state index in [1.807, 2.05) is 12.1 Å². The number of thioether (sulfide) groups is 1. The maximum Gasteiger partial charge on any atom is 0.256 e. The largest absolute Gasteiger partial charge is 0.479 e. The quantitative estimate of drug-likeness (QED) is 0.471. The zero-order valence-corrected chi connectivity index (χ0v) is 16.3. The van der Waals surface area contributed by atoms with Crippen LogP contribution in [-0.2, 0) is 9.53 Å². The fourth-order valence-corrected chi connectivity index (χ4v) is 3.12. The average Bonchev–Trinajstić information content (AvgIpc) is 2.71. The zero-order chi connectivity index (χ0) is 20.2. The number of hydrogen-bond acceptors (Lipinski definition) is 6. The summed E-state index contributed by atoms with van der Waals surface area (Å²) in [5.74, 6) is 0.278. The van der Waals surface area contributed by atoms with Crippen LogP contribution >= 0.6 is 11.8 Å². The van der Waals surface area contributed by atoms with E-state index in [0.29, 0.717) is 35.0 Å². The number of benzene rings is 2. The van der Waals surface area contributed by atoms with E-state index >= 15 is 0 Å². The van der Waals surface area contributed by atoms with Crippen LogP contribution in [0, 0.1) is 11.3 Å². The molecule has 2 aromatic carbocycles. The van der Waals surface area contributed by atoms with E-state index in [1.165, 1.54) is 11.8 Å². The number of nitrogens with zero attached hydrogens (tertiary/aromatic N) is 1. The van der Waals surface area contributed by atoms with Gasteiger partial charge in [0.2, 0.25) is 5.91 Å². The topological polar surface area (TPSA) is 100 Å². The first kappa shape index (κ1) is 21.3. The van der Waals surface area contributed by atoms with Crippen LogP contribution in [0.5, 0.6) is 5.75 Å². The lowest BCUT2D eigenvalue weighted by Gasteiger charge is -2.11. The Morgan fingerprint density at radius 1 is 1.18 bits per heavy atom. The van der Waals surface area contributed by atoms with Gasteiger partial charge in [0.1, 0.15) is 11.8 Å². The van der Waals surface area contributed by atoms with Crippen molar-refractivity contribution < 1.29 is 19.1 Å². The van der Waals surface area contributed by atoms with Gasteiger partial charge in [-0.25, -0.2) is 0 Å². The van der Waals surface area contributed by atoms with Gasteiger partial charge in [0.25, 0.3) is 5.91 Å². The first-order chi connectivity index (χ1) is 13.6. The molecule has 7 nitrogen and oxygen atoms in total. The molecule has 0 saturated carbocycles. The fourth-order valence-electron chi connectivity index (χ4n) is 2.24. The highest BCUT2D eigenvalue weighted by Gasteiger charge is 2.13. The van der Waals surface area contributed by atoms with Crippen molar-refractivity contribution in [2.75, 3.05) is 37.9 Å². The average molecular weight is 399 g/mol. The van der Waals surface area contributed by atoms with Gasteiger partial charge in [0.05, 0.1) is 17.9 Å². The lowest BCUT2D eigenvalue weighted by Crippen LogP contribution is -2.28. The van der Waals surface area contributed by atoms with Crippen molar-refractivity contribution in [1.29, 1.82) is 5.26 Å². The summed E-state index contributed by atoms with van der Waals surface area (Å²) in [4.78, 5) is 25.3. The van der Waals surface area contributed by atoms with Crippen LogP contribution in [0.2, 0.25) is 0 Å². The number of carbonyl (C=O) groups is 2. The van der Waals surface area contributed by atoms with Crippen LogP contribution in [0.4, 0.5) is 5.69 Å². The second-order valence-corrected chi connectivity index (χ2v) is 6.57. The number of nitrogens with one attached hydrogen (secondary N) is 2. The van der Waals surface area contributed by atoms with Crippen LogP contribution in [0.1, 0.15) is 10.4 Å². The summed E-state index contributed by atoms with van der Waals surface area (Å²) in [6, 6.07) is 15.8. The third-order valence-electron chi connectivity index (χ3n) is 3.51. The van der Waals surface area contributed by atoms with Crippen molar-refractivity contribution in [2.24, 2.45) is 0 Å². The Hall–Kier alpha value is -3.02. The molecule has 28 heavy (non-hydrogen) atoms. The number of nitriles is 1. The molecule has 2 aromatic rings. The Labute approximate surface area is 168 Å². The lowest BCUT2D eigenvalue weighted by atomic mass is 10.2. The van der Waals surface area contributed by atoms with E-state index in [9.17, 15) is 9.59 Å². The van der Waals surface area contributed by atoms with Gasteiger partial charge < -0.3 is 20.1 Å². The van der Waals surface area contributed by atoms with Gasteiger partial charge in [0.15, 0.2) is 6.61 Å². The zero-order valence-electron chi connectivity index (χ0n) is 15.4. The number of rotatable bonds is 10. The minimum Gasteiger partial charge on any atom is -0.479 e. The monoisotopic (exact) mass is 399 g/mol. The predicted molar refractivity (Wildman–Crippen MR) is 108 cm³/mol. The molecule has 0 fully saturated rings. The Kier molecular flexibility index (Phi) is 8.85. The molecule has 0 heterocycles. The SMILES string of the molecule is COCCNC(=O)CSc1ccccc1C(=O)Nc1cccc(OCC#N)c1. The Balaban J connectivity index is 2.00. The molecule has 0 atom stereocenters. The number of amides is 2. The van der Waals surface area contributed by atoms with Crippen LogP contribution in [0.15, 0.2) is 53.4 Å². The maximum atomic E-state index is 12.7. The molecule has 146 valence electrons. The summed E-state index contributed by atoms with van der Waals surface area (Å²) in [5.41, 5.74) is 1.03. The summed E-state index contributed by atoms with van der Waals surface area (Å²) in [6.45, 7) is 0.831. The number of methoxy groups -OCH3 is 1. The number of ether oxygens (including phenoxy) is 2. The molecule has 8 heteroatoms. The van der Waals surface area contributed by atoms with E-state index < -0.39 is 0 Å². The van der Waals surface area contributed by atoms with Crippen molar-refractivity contribution >= 4 is 29.3 Å². The molecule has 2 amide bonds. The molecule has 0 spiro atoms. The van der Waals surface area contributed by atoms with E-state index in [4.69, 9.17) is 14.7 Å². The van der Waals surface area contributed by atoms with Crippen molar-refractivity contribution in [3.8, 4) is 11.8 Å². The number of anilines is 1. The molecule has 0 bridgehead atoms. The van der Waals surface area contributed by atoms with Crippen molar-refractivity contribution in [3.05, 3.63) is 54.1 Å². The van der Waals surface area contributed by atoms with Crippen molar-refractivity contribution in [3.63, 3.8) is 0 Å². The molecule has 0 aromatic heterocycles. The third-order valence-corrected chi connectivity index (χ3v) is 4.59. The molecule has 0 aliphatic carbocycles. The molecule has 0 radical (unpaired) electrons. The highest BCUT2D eigenvalue weighted by atomic mass is 32.2. The van der Waals surface area contributed by atoms with Gasteiger partial charge in [-0.3, -0.25) is 9.59 Å². The van der Waals surface area contributed by atoms with E-state index in [2.05, 4.69) is 10.6 Å². The summed E-state index contributed by atoms with van der Waals surface area (Å²) < 4.78 is 10.1. The molecule has 0 unspecified atom stereocenters. The first-order valence-electron chi connectivity index (χ1n) is 8.52. The number of carbonyl (C=O) groups excluding carboxylic acids is 2. The Morgan fingerprint density at radius 3 is 2.79 bits per heavy atom. The van der Waals surface area contributed by atoms with Gasteiger partial charge in [-0.1, -0.05) is 18.2 Å². The lowest BCUT2D eigenvalue weighted by molar-refractivity contribution is -0.118. The second kappa shape index (κ2) is 11.6. The van der Waals surface area contributed by atoms with Crippen LogP contribution in [0.25, 0.3) is 0 Å². The standard InChI is InChI=1S/C20H21N3O4S/c1-26-12-10-22-19(24)14-28-18-8-3-2-7-17(18)20(25)23-15-5-4-6-16(13-15)27-11-9-21/h2-8,13H,10-12,14H2,1H3,(H,22,24)(H,23,25). The van der Waals surface area contributed by atoms with E-state index in [0.717, 1.165) is 0 Å². The summed E-state index contributed by atoms with van der Waals surface area (Å²) in [7, 11) is 1.57. The molecule has 2 N–H and O–H groups in total. The van der Waals surface area contributed by atoms with Gasteiger partial charge in [0, 0.05) is 30.3 Å². The van der Waals surface area contributed by atoms with E-state index in [1.54, 1.807) is 49.6 Å². The number of hydrogen-bond donors (Lipinski definition) is 2. The normalized spacial score (nSPS) is 10.0. The highest BCUT2D eigenvalue weighted by molar-refractivity contribution is 8.00. The molecule has 0 saturated heterocycles. The molecule has 0 aliphatic heterocycles. The van der Waals surface area contributed by atoms with Crippen LogP contribution in [-0.4, -0.2) is 44.4 Å². The van der Waals surface area contributed by atoms with Crippen LogP contribution in [0.3, 0.4) is 0 Å². The molecular weight excluding hydrogens is 378 g/mol. The first-order valence-corrected chi connectivity index (χ1v) is 9.51. The summed E-state index contributed by atoms with van der Waals surface area (Å²) >= 11 is 1.29. The predicted octanol–water partition coefficient (Wildman–Crippen LogP) is 2.70. The fraction of sp³-hybridized carbons (Fsp3) is 0.250. The summed E-state index contributed by atoms with van der Waals surface area (Å²) in [5, 5.41) is 14.1. The van der Waals surface area contributed by atoms with Gasteiger partial charge in [-0.05, 0) is 24.3 Å². The minimum atomic E-state index is -0.291. The molecular formula is C20H21N3O4S. The third kappa shape index (κ3) is 6.95. The van der Waals surface area contributed by atoms with Crippen molar-refractivity contribution in [2.45, 2.75) is 4.90 Å². The minimum absolute atomic E-state index is 0.0662. The van der Waals surface area contributed by atoms with Crippen LogP contribution < -0.4 is 15.4 Å².